The summed E-state index contributed by atoms with van der Waals surface area (Å²) < 4.78 is 22.2. The maximum atomic E-state index is 11.1. The Morgan fingerprint density at radius 2 is 1.39 bits per heavy atom. The SMILES string of the molecule is O=P(O)(O)C(CNC1CCCCCC1)P(=O)(O)O. The van der Waals surface area contributed by atoms with E-state index in [9.17, 15) is 9.13 Å². The van der Waals surface area contributed by atoms with Gasteiger partial charge in [-0.3, -0.25) is 9.13 Å². The van der Waals surface area contributed by atoms with Crippen LogP contribution in [-0.4, -0.2) is 37.6 Å². The molecule has 0 aromatic carbocycles. The van der Waals surface area contributed by atoms with E-state index in [1.807, 2.05) is 0 Å². The van der Waals surface area contributed by atoms with Crippen molar-refractivity contribution in [2.45, 2.75) is 50.0 Å². The van der Waals surface area contributed by atoms with Crippen LogP contribution in [0.4, 0.5) is 0 Å². The van der Waals surface area contributed by atoms with Crippen molar-refractivity contribution in [3.63, 3.8) is 0 Å². The van der Waals surface area contributed by atoms with Crippen LogP contribution in [0.3, 0.4) is 0 Å². The molecule has 1 aliphatic rings. The third-order valence-electron chi connectivity index (χ3n) is 3.22. The lowest BCUT2D eigenvalue weighted by Gasteiger charge is -2.23. The van der Waals surface area contributed by atoms with Gasteiger partial charge in [0, 0.05) is 12.6 Å². The van der Waals surface area contributed by atoms with Gasteiger partial charge in [-0.25, -0.2) is 0 Å². The Bertz CT molecular complexity index is 321. The molecule has 0 amide bonds. The van der Waals surface area contributed by atoms with Gasteiger partial charge in [-0.05, 0) is 12.8 Å². The number of rotatable bonds is 5. The first-order valence-electron chi connectivity index (χ1n) is 6.05. The van der Waals surface area contributed by atoms with Crippen molar-refractivity contribution < 1.29 is 28.7 Å². The molecule has 7 nitrogen and oxygen atoms in total. The number of hydrogen-bond acceptors (Lipinski definition) is 3. The van der Waals surface area contributed by atoms with Crippen LogP contribution in [0.5, 0.6) is 0 Å². The zero-order valence-electron chi connectivity index (χ0n) is 10.1. The molecule has 0 unspecified atom stereocenters. The van der Waals surface area contributed by atoms with Crippen LogP contribution in [-0.2, 0) is 9.13 Å². The average Bonchev–Trinajstić information content (AvgIpc) is 2.42. The standard InChI is InChI=1S/C9H21NO6P2/c11-17(12,13)9(18(14,15)16)7-10-8-5-3-1-2-4-6-8/h8-10H,1-7H2,(H2,11,12,13)(H2,14,15,16). The molecule has 1 aliphatic carbocycles. The Kier molecular flexibility index (Phi) is 6.00. The van der Waals surface area contributed by atoms with Crippen molar-refractivity contribution >= 4 is 15.2 Å². The van der Waals surface area contributed by atoms with Crippen LogP contribution in [0.25, 0.3) is 0 Å². The molecule has 5 N–H and O–H groups in total. The third-order valence-corrected chi connectivity index (χ3v) is 6.94. The summed E-state index contributed by atoms with van der Waals surface area (Å²) in [5.41, 5.74) is 0. The van der Waals surface area contributed by atoms with E-state index in [1.54, 1.807) is 0 Å². The fourth-order valence-electron chi connectivity index (χ4n) is 2.19. The molecular weight excluding hydrogens is 280 g/mol. The Balaban J connectivity index is 2.57. The Labute approximate surface area is 106 Å². The average molecular weight is 301 g/mol. The minimum absolute atomic E-state index is 0.0908. The maximum absolute atomic E-state index is 11.1. The molecule has 108 valence electrons. The highest BCUT2D eigenvalue weighted by molar-refractivity contribution is 7.70. The van der Waals surface area contributed by atoms with Gasteiger partial charge in [-0.2, -0.15) is 0 Å². The summed E-state index contributed by atoms with van der Waals surface area (Å²) in [6.45, 7) is -0.348. The van der Waals surface area contributed by atoms with Crippen LogP contribution in [0.15, 0.2) is 0 Å². The second-order valence-electron chi connectivity index (χ2n) is 4.76. The van der Waals surface area contributed by atoms with Crippen LogP contribution < -0.4 is 5.32 Å². The Morgan fingerprint density at radius 3 is 1.78 bits per heavy atom. The van der Waals surface area contributed by atoms with E-state index in [1.165, 1.54) is 0 Å². The Morgan fingerprint density at radius 1 is 0.944 bits per heavy atom. The van der Waals surface area contributed by atoms with Gasteiger partial charge in [0.15, 0.2) is 5.40 Å². The molecule has 0 aliphatic heterocycles. The minimum atomic E-state index is -4.80. The van der Waals surface area contributed by atoms with E-state index in [4.69, 9.17) is 19.6 Å². The second-order valence-corrected chi connectivity index (χ2v) is 8.77. The zero-order valence-corrected chi connectivity index (χ0v) is 11.9. The van der Waals surface area contributed by atoms with Crippen molar-refractivity contribution in [3.8, 4) is 0 Å². The van der Waals surface area contributed by atoms with Crippen molar-refractivity contribution in [3.05, 3.63) is 0 Å². The first-order valence-corrected chi connectivity index (χ1v) is 9.41. The summed E-state index contributed by atoms with van der Waals surface area (Å²) in [6, 6.07) is 0.0908. The predicted octanol–water partition coefficient (Wildman–Crippen LogP) is 0.980. The lowest BCUT2D eigenvalue weighted by Crippen LogP contribution is -2.35. The topological polar surface area (TPSA) is 127 Å². The normalized spacial score (nSPS) is 20.1. The van der Waals surface area contributed by atoms with E-state index in [0.29, 0.717) is 0 Å². The summed E-state index contributed by atoms with van der Waals surface area (Å²) >= 11 is 0. The largest absolute Gasteiger partial charge is 0.342 e. The molecule has 0 radical (unpaired) electrons. The molecule has 0 spiro atoms. The van der Waals surface area contributed by atoms with Crippen LogP contribution in [0.1, 0.15) is 38.5 Å². The molecule has 0 aromatic rings. The van der Waals surface area contributed by atoms with Crippen LogP contribution >= 0.6 is 15.2 Å². The zero-order chi connectivity index (χ0) is 13.8. The molecule has 1 fully saturated rings. The van der Waals surface area contributed by atoms with Gasteiger partial charge in [0.1, 0.15) is 0 Å². The van der Waals surface area contributed by atoms with Gasteiger partial charge in [0.2, 0.25) is 0 Å². The van der Waals surface area contributed by atoms with Crippen molar-refractivity contribution in [2.24, 2.45) is 0 Å². The highest BCUT2D eigenvalue weighted by Gasteiger charge is 2.43. The summed E-state index contributed by atoms with van der Waals surface area (Å²) in [5.74, 6) is 0. The van der Waals surface area contributed by atoms with Crippen LogP contribution in [0.2, 0.25) is 0 Å². The van der Waals surface area contributed by atoms with E-state index < -0.39 is 20.6 Å². The quantitative estimate of drug-likeness (QED) is 0.378. The van der Waals surface area contributed by atoms with Gasteiger partial charge in [-0.1, -0.05) is 25.7 Å². The van der Waals surface area contributed by atoms with Crippen molar-refractivity contribution in [1.82, 2.24) is 5.32 Å². The smallest absolute Gasteiger partial charge is 0.324 e. The van der Waals surface area contributed by atoms with E-state index in [0.717, 1.165) is 38.5 Å². The van der Waals surface area contributed by atoms with E-state index >= 15 is 0 Å². The van der Waals surface area contributed by atoms with E-state index in [2.05, 4.69) is 5.32 Å². The lowest BCUT2D eigenvalue weighted by atomic mass is 10.1. The van der Waals surface area contributed by atoms with Gasteiger partial charge in [-0.15, -0.1) is 0 Å². The molecule has 1 rings (SSSR count). The van der Waals surface area contributed by atoms with Gasteiger partial charge in [0.25, 0.3) is 0 Å². The highest BCUT2D eigenvalue weighted by atomic mass is 31.2. The molecule has 0 heterocycles. The monoisotopic (exact) mass is 301 g/mol. The van der Waals surface area contributed by atoms with Gasteiger partial charge in [0.05, 0.1) is 0 Å². The molecule has 18 heavy (non-hydrogen) atoms. The number of hydrogen-bond donors (Lipinski definition) is 5. The van der Waals surface area contributed by atoms with E-state index in [-0.39, 0.29) is 12.6 Å². The molecular formula is C9H21NO6P2. The summed E-state index contributed by atoms with van der Waals surface area (Å²) in [4.78, 5) is 35.9. The molecule has 0 atom stereocenters. The maximum Gasteiger partial charge on any atom is 0.342 e. The summed E-state index contributed by atoms with van der Waals surface area (Å²) in [6.07, 6.45) is 6.11. The second kappa shape index (κ2) is 6.62. The van der Waals surface area contributed by atoms with Gasteiger partial charge >= 0.3 is 15.2 Å². The minimum Gasteiger partial charge on any atom is -0.324 e. The number of nitrogens with one attached hydrogen (secondary N) is 1. The van der Waals surface area contributed by atoms with Gasteiger partial charge < -0.3 is 24.9 Å². The summed E-state index contributed by atoms with van der Waals surface area (Å²) in [7, 11) is -9.60. The lowest BCUT2D eigenvalue weighted by molar-refractivity contribution is 0.331. The Hall–Kier alpha value is 0.260. The molecule has 0 saturated heterocycles. The summed E-state index contributed by atoms with van der Waals surface area (Å²) in [5, 5.41) is 0.954. The molecule has 0 aromatic heterocycles. The molecule has 0 bridgehead atoms. The fraction of sp³-hybridized carbons (Fsp3) is 1.00. The fourth-order valence-corrected chi connectivity index (χ4v) is 4.44. The first kappa shape index (κ1) is 16.3. The van der Waals surface area contributed by atoms with Crippen molar-refractivity contribution in [1.29, 1.82) is 0 Å². The highest BCUT2D eigenvalue weighted by Crippen LogP contribution is 2.59. The van der Waals surface area contributed by atoms with Crippen LogP contribution in [0, 0.1) is 0 Å². The van der Waals surface area contributed by atoms with Crippen molar-refractivity contribution in [2.75, 3.05) is 6.54 Å². The molecule has 9 heteroatoms. The first-order chi connectivity index (χ1) is 8.21. The predicted molar refractivity (Wildman–Crippen MR) is 67.4 cm³/mol. The molecule has 1 saturated carbocycles. The third kappa shape index (κ3) is 5.49.